The van der Waals surface area contributed by atoms with Crippen LogP contribution in [0.3, 0.4) is 0 Å². The fourth-order valence-electron chi connectivity index (χ4n) is 2.80. The molecule has 1 N–H and O–H groups in total. The fourth-order valence-corrected chi connectivity index (χ4v) is 3.36. The Labute approximate surface area is 144 Å². The summed E-state index contributed by atoms with van der Waals surface area (Å²) in [4.78, 5) is 13.4. The second-order valence-corrected chi connectivity index (χ2v) is 8.11. The summed E-state index contributed by atoms with van der Waals surface area (Å²) in [5, 5.41) is 7.35. The molecule has 0 radical (unpaired) electrons. The zero-order chi connectivity index (χ0) is 17.3. The summed E-state index contributed by atoms with van der Waals surface area (Å²) < 4.78 is 13.6. The molecule has 128 valence electrons. The van der Waals surface area contributed by atoms with Crippen molar-refractivity contribution in [2.45, 2.75) is 44.0 Å². The Morgan fingerprint density at radius 2 is 2.17 bits per heavy atom. The van der Waals surface area contributed by atoms with E-state index in [2.05, 4.69) is 24.3 Å². The van der Waals surface area contributed by atoms with Gasteiger partial charge in [0.15, 0.2) is 0 Å². The topological polar surface area (TPSA) is 64.0 Å². The lowest BCUT2D eigenvalue weighted by atomic mass is 10.1. The van der Waals surface area contributed by atoms with Gasteiger partial charge in [0.1, 0.15) is 0 Å². The summed E-state index contributed by atoms with van der Waals surface area (Å²) >= 11 is 0. The van der Waals surface area contributed by atoms with Crippen molar-refractivity contribution in [3.63, 3.8) is 0 Å². The van der Waals surface area contributed by atoms with E-state index in [0.717, 1.165) is 25.1 Å². The predicted octanol–water partition coefficient (Wildman–Crippen LogP) is 3.41. The molecule has 1 heterocycles. The lowest BCUT2D eigenvalue weighted by Gasteiger charge is -2.11. The molecule has 5 nitrogen and oxygen atoms in total. The Balaban J connectivity index is 1.84. The van der Waals surface area contributed by atoms with Crippen LogP contribution in [-0.4, -0.2) is 26.2 Å². The van der Waals surface area contributed by atoms with Crippen LogP contribution in [0.1, 0.15) is 48.7 Å². The van der Waals surface area contributed by atoms with Gasteiger partial charge in [-0.25, -0.2) is 0 Å². The number of hydrogen-bond acceptors (Lipinski definition) is 3. The van der Waals surface area contributed by atoms with Crippen molar-refractivity contribution in [2.24, 2.45) is 5.92 Å². The van der Waals surface area contributed by atoms with Crippen molar-refractivity contribution in [1.29, 1.82) is 0 Å². The highest BCUT2D eigenvalue weighted by Gasteiger charge is 2.32. The van der Waals surface area contributed by atoms with Gasteiger partial charge in [-0.1, -0.05) is 19.9 Å². The molecule has 1 aromatic heterocycles. The van der Waals surface area contributed by atoms with E-state index in [-0.39, 0.29) is 5.91 Å². The molecule has 2 aromatic rings. The van der Waals surface area contributed by atoms with Gasteiger partial charge >= 0.3 is 0 Å². The number of nitrogens with zero attached hydrogens (tertiary/aromatic N) is 2. The molecule has 1 fully saturated rings. The monoisotopic (exact) mass is 345 g/mol. The number of rotatable bonds is 6. The van der Waals surface area contributed by atoms with Crippen LogP contribution in [0.15, 0.2) is 35.4 Å². The van der Waals surface area contributed by atoms with E-state index in [1.54, 1.807) is 30.7 Å². The Hall–Kier alpha value is -1.95. The van der Waals surface area contributed by atoms with Crippen LogP contribution >= 0.6 is 0 Å². The maximum Gasteiger partial charge on any atom is 0.259 e. The number of aromatic nitrogens is 2. The Morgan fingerprint density at radius 1 is 1.42 bits per heavy atom. The first-order valence-electron chi connectivity index (χ1n) is 8.26. The van der Waals surface area contributed by atoms with Crippen molar-refractivity contribution in [3.05, 3.63) is 41.7 Å². The Morgan fingerprint density at radius 3 is 2.79 bits per heavy atom. The van der Waals surface area contributed by atoms with E-state index in [4.69, 9.17) is 0 Å². The minimum atomic E-state index is -1.07. The molecule has 1 amide bonds. The zero-order valence-corrected chi connectivity index (χ0v) is 15.1. The summed E-state index contributed by atoms with van der Waals surface area (Å²) in [6.07, 6.45) is 5.54. The van der Waals surface area contributed by atoms with Gasteiger partial charge in [0.2, 0.25) is 0 Å². The highest BCUT2D eigenvalue weighted by atomic mass is 32.2. The van der Waals surface area contributed by atoms with Gasteiger partial charge in [0.25, 0.3) is 5.91 Å². The van der Waals surface area contributed by atoms with Gasteiger partial charge in [-0.2, -0.15) is 5.10 Å². The summed E-state index contributed by atoms with van der Waals surface area (Å²) in [6, 6.07) is 7.16. The van der Waals surface area contributed by atoms with Gasteiger partial charge < -0.3 is 5.32 Å². The SMILES string of the molecule is CC(C)Cn1ncc(C(=O)Nc2cccc([S@](C)=O)c2)c1C1CC1. The molecule has 3 rings (SSSR count). The first kappa shape index (κ1) is 16.9. The average molecular weight is 345 g/mol. The summed E-state index contributed by atoms with van der Waals surface area (Å²) in [7, 11) is -1.07. The smallest absolute Gasteiger partial charge is 0.259 e. The van der Waals surface area contributed by atoms with E-state index < -0.39 is 10.8 Å². The second-order valence-electron chi connectivity index (χ2n) is 6.73. The van der Waals surface area contributed by atoms with Crippen LogP contribution < -0.4 is 5.32 Å². The van der Waals surface area contributed by atoms with Crippen LogP contribution in [0.25, 0.3) is 0 Å². The molecule has 1 aliphatic carbocycles. The van der Waals surface area contributed by atoms with Gasteiger partial charge in [0, 0.05) is 40.1 Å². The molecule has 0 bridgehead atoms. The summed E-state index contributed by atoms with van der Waals surface area (Å²) in [5.74, 6) is 0.780. The normalized spacial score (nSPS) is 15.5. The third-order valence-electron chi connectivity index (χ3n) is 4.05. The lowest BCUT2D eigenvalue weighted by Crippen LogP contribution is -2.16. The molecule has 1 aliphatic rings. The Bertz CT molecular complexity index is 778. The zero-order valence-electron chi connectivity index (χ0n) is 14.3. The minimum absolute atomic E-state index is 0.147. The van der Waals surface area contributed by atoms with E-state index in [1.165, 1.54) is 0 Å². The largest absolute Gasteiger partial charge is 0.322 e. The maximum atomic E-state index is 12.7. The quantitative estimate of drug-likeness (QED) is 0.872. The molecule has 1 aromatic carbocycles. The third kappa shape index (κ3) is 3.75. The van der Waals surface area contributed by atoms with E-state index >= 15 is 0 Å². The van der Waals surface area contributed by atoms with E-state index in [0.29, 0.717) is 28.0 Å². The van der Waals surface area contributed by atoms with Crippen LogP contribution in [-0.2, 0) is 17.3 Å². The van der Waals surface area contributed by atoms with Crippen LogP contribution in [0.5, 0.6) is 0 Å². The van der Waals surface area contributed by atoms with Gasteiger partial charge in [-0.15, -0.1) is 0 Å². The standard InChI is InChI=1S/C18H23N3O2S/c1-12(2)11-21-17(13-7-8-13)16(10-19-21)18(22)20-14-5-4-6-15(9-14)24(3)23/h4-6,9-10,12-13H,7-8,11H2,1-3H3,(H,20,22)/t24-/m0/s1. The predicted molar refractivity (Wildman–Crippen MR) is 95.8 cm³/mol. The number of benzene rings is 1. The molecular formula is C18H23N3O2S. The van der Waals surface area contributed by atoms with E-state index in [1.807, 2.05) is 10.7 Å². The van der Waals surface area contributed by atoms with Crippen LogP contribution in [0.2, 0.25) is 0 Å². The molecule has 24 heavy (non-hydrogen) atoms. The molecule has 0 spiro atoms. The van der Waals surface area contributed by atoms with E-state index in [9.17, 15) is 9.00 Å². The van der Waals surface area contributed by atoms with Crippen molar-refractivity contribution in [1.82, 2.24) is 9.78 Å². The number of carbonyl (C=O) groups is 1. The average Bonchev–Trinajstić information content (AvgIpc) is 3.28. The highest BCUT2D eigenvalue weighted by Crippen LogP contribution is 2.42. The molecule has 6 heteroatoms. The number of amides is 1. The second kappa shape index (κ2) is 6.89. The fraction of sp³-hybridized carbons (Fsp3) is 0.444. The van der Waals surface area contributed by atoms with Gasteiger partial charge in [0.05, 0.1) is 17.5 Å². The number of nitrogens with one attached hydrogen (secondary N) is 1. The molecule has 1 saturated carbocycles. The molecule has 0 aliphatic heterocycles. The molecule has 1 atom stereocenters. The van der Waals surface area contributed by atoms with Gasteiger partial charge in [-0.05, 0) is 37.0 Å². The summed E-state index contributed by atoms with van der Waals surface area (Å²) in [5.41, 5.74) is 2.36. The first-order chi connectivity index (χ1) is 11.5. The first-order valence-corrected chi connectivity index (χ1v) is 9.82. The summed E-state index contributed by atoms with van der Waals surface area (Å²) in [6.45, 7) is 5.12. The molecule has 0 unspecified atom stereocenters. The van der Waals surface area contributed by atoms with Crippen molar-refractivity contribution in [2.75, 3.05) is 11.6 Å². The number of anilines is 1. The van der Waals surface area contributed by atoms with Gasteiger partial charge in [-0.3, -0.25) is 13.7 Å². The van der Waals surface area contributed by atoms with Crippen LogP contribution in [0, 0.1) is 5.92 Å². The Kier molecular flexibility index (Phi) is 4.85. The third-order valence-corrected chi connectivity index (χ3v) is 4.97. The van der Waals surface area contributed by atoms with Crippen LogP contribution in [0.4, 0.5) is 5.69 Å². The minimum Gasteiger partial charge on any atom is -0.322 e. The molecule has 0 saturated heterocycles. The highest BCUT2D eigenvalue weighted by molar-refractivity contribution is 7.84. The lowest BCUT2D eigenvalue weighted by molar-refractivity contribution is 0.102. The number of carbonyl (C=O) groups excluding carboxylic acids is 1. The maximum absolute atomic E-state index is 12.7. The van der Waals surface area contributed by atoms with Crippen molar-refractivity contribution >= 4 is 22.4 Å². The number of hydrogen-bond donors (Lipinski definition) is 1. The van der Waals surface area contributed by atoms with Crippen molar-refractivity contribution in [3.8, 4) is 0 Å². The molecular weight excluding hydrogens is 322 g/mol. The van der Waals surface area contributed by atoms with Crippen molar-refractivity contribution < 1.29 is 9.00 Å².